The van der Waals surface area contributed by atoms with Crippen LogP contribution < -0.4 is 0 Å². The van der Waals surface area contributed by atoms with Crippen LogP contribution >= 0.6 is 0 Å². The molecule has 0 fully saturated rings. The highest BCUT2D eigenvalue weighted by Gasteiger charge is 2.20. The summed E-state index contributed by atoms with van der Waals surface area (Å²) in [6.07, 6.45) is 0.0924. The zero-order valence-electron chi connectivity index (χ0n) is 24.1. The van der Waals surface area contributed by atoms with Crippen LogP contribution in [0.5, 0.6) is 0 Å². The van der Waals surface area contributed by atoms with Crippen molar-refractivity contribution in [3.8, 4) is 0 Å². The van der Waals surface area contributed by atoms with E-state index >= 15 is 0 Å². The Bertz CT molecular complexity index is 719. The summed E-state index contributed by atoms with van der Waals surface area (Å²) in [6.45, 7) is 15.5. The van der Waals surface area contributed by atoms with Gasteiger partial charge in [-0.1, -0.05) is 26.7 Å². The van der Waals surface area contributed by atoms with Crippen molar-refractivity contribution in [2.45, 2.75) is 119 Å². The van der Waals surface area contributed by atoms with Gasteiger partial charge in [0.05, 0.1) is 11.1 Å². The molecule has 6 unspecified atom stereocenters. The Morgan fingerprint density at radius 2 is 0.868 bits per heavy atom. The minimum atomic E-state index is -0.855. The van der Waals surface area contributed by atoms with E-state index in [1.54, 1.807) is 41.5 Å². The molecule has 0 bridgehead atoms. The fraction of sp³-hybridized carbons (Fsp3) is 0.714. The maximum absolute atomic E-state index is 12.5. The summed E-state index contributed by atoms with van der Waals surface area (Å²) in [5, 5.41) is 0. The summed E-state index contributed by atoms with van der Waals surface area (Å²) in [6, 6.07) is 5.90. The van der Waals surface area contributed by atoms with Gasteiger partial charge in [-0.3, -0.25) is 0 Å². The van der Waals surface area contributed by atoms with Gasteiger partial charge < -0.3 is 37.9 Å². The molecule has 0 N–H and O–H groups in total. The normalized spacial score (nSPS) is 16.2. The van der Waals surface area contributed by atoms with Crippen molar-refractivity contribution in [2.75, 3.05) is 13.2 Å². The molecule has 6 atom stereocenters. The van der Waals surface area contributed by atoms with Gasteiger partial charge >= 0.3 is 11.9 Å². The van der Waals surface area contributed by atoms with Gasteiger partial charge in [-0.25, -0.2) is 9.59 Å². The van der Waals surface area contributed by atoms with E-state index in [1.165, 1.54) is 24.3 Å². The van der Waals surface area contributed by atoms with Gasteiger partial charge in [-0.15, -0.1) is 0 Å². The Balaban J connectivity index is 2.45. The SMILES string of the molecule is CCCCOC(C)OC(C)OC(C)OC(=O)c1ccc(C(=O)OC(C)OC(C)OC(C)OCCCC)cc1. The van der Waals surface area contributed by atoms with E-state index in [4.69, 9.17) is 37.9 Å². The molecule has 218 valence electrons. The van der Waals surface area contributed by atoms with Crippen LogP contribution in [0.3, 0.4) is 0 Å². The highest BCUT2D eigenvalue weighted by atomic mass is 16.8. The Morgan fingerprint density at radius 1 is 0.553 bits per heavy atom. The Kier molecular flexibility index (Phi) is 17.0. The van der Waals surface area contributed by atoms with E-state index in [0.29, 0.717) is 13.2 Å². The number of esters is 2. The molecule has 0 radical (unpaired) electrons. The summed E-state index contributed by atoms with van der Waals surface area (Å²) in [7, 11) is 0. The molecule has 0 heterocycles. The minimum Gasteiger partial charge on any atom is -0.432 e. The molecule has 10 nitrogen and oxygen atoms in total. The molecule has 0 aliphatic heterocycles. The molecule has 1 aromatic carbocycles. The van der Waals surface area contributed by atoms with Gasteiger partial charge in [0.25, 0.3) is 0 Å². The maximum Gasteiger partial charge on any atom is 0.340 e. The molecule has 1 rings (SSSR count). The fourth-order valence-corrected chi connectivity index (χ4v) is 3.24. The van der Waals surface area contributed by atoms with Crippen molar-refractivity contribution in [3.63, 3.8) is 0 Å². The first-order valence-corrected chi connectivity index (χ1v) is 13.4. The summed E-state index contributed by atoms with van der Waals surface area (Å²) >= 11 is 0. The van der Waals surface area contributed by atoms with Crippen molar-refractivity contribution in [3.05, 3.63) is 35.4 Å². The second kappa shape index (κ2) is 19.1. The lowest BCUT2D eigenvalue weighted by molar-refractivity contribution is -0.270. The Hall–Kier alpha value is -2.08. The number of ether oxygens (including phenoxy) is 8. The third-order valence-electron chi connectivity index (χ3n) is 5.14. The summed E-state index contributed by atoms with van der Waals surface area (Å²) < 4.78 is 43.9. The van der Waals surface area contributed by atoms with Crippen molar-refractivity contribution in [2.24, 2.45) is 0 Å². The van der Waals surface area contributed by atoms with E-state index in [0.717, 1.165) is 25.7 Å². The zero-order valence-corrected chi connectivity index (χ0v) is 24.1. The standard InChI is InChI=1S/C28H46O10/c1-9-11-17-31-19(3)33-21(5)35-23(7)37-27(29)25-13-15-26(16-14-25)28(30)38-24(8)36-22(6)34-20(4)32-18-12-10-2/h13-16,19-24H,9-12,17-18H2,1-8H3. The molecule has 10 heteroatoms. The van der Waals surface area contributed by atoms with Crippen LogP contribution in [0.15, 0.2) is 24.3 Å². The van der Waals surface area contributed by atoms with E-state index in [-0.39, 0.29) is 11.1 Å². The van der Waals surface area contributed by atoms with Gasteiger partial charge in [-0.05, 0) is 78.6 Å². The first kappa shape index (κ1) is 33.9. The first-order valence-electron chi connectivity index (χ1n) is 13.4. The smallest absolute Gasteiger partial charge is 0.340 e. The van der Waals surface area contributed by atoms with Gasteiger partial charge in [0.15, 0.2) is 25.2 Å². The Morgan fingerprint density at radius 3 is 1.18 bits per heavy atom. The number of carbonyl (C=O) groups is 2. The average Bonchev–Trinajstić information content (AvgIpc) is 2.83. The van der Waals surface area contributed by atoms with Crippen molar-refractivity contribution >= 4 is 11.9 Å². The number of carbonyl (C=O) groups excluding carboxylic acids is 2. The molecule has 0 aliphatic carbocycles. The highest BCUT2D eigenvalue weighted by Crippen LogP contribution is 2.13. The molecule has 38 heavy (non-hydrogen) atoms. The molecule has 1 aromatic rings. The van der Waals surface area contributed by atoms with Crippen LogP contribution in [-0.2, 0) is 37.9 Å². The molecule has 0 amide bonds. The molecule has 0 aliphatic rings. The summed E-state index contributed by atoms with van der Waals surface area (Å²) in [5.74, 6) is -1.20. The number of benzene rings is 1. The number of unbranched alkanes of at least 4 members (excludes halogenated alkanes) is 2. The summed E-state index contributed by atoms with van der Waals surface area (Å²) in [4.78, 5) is 24.9. The predicted molar refractivity (Wildman–Crippen MR) is 140 cm³/mol. The first-order chi connectivity index (χ1) is 18.0. The van der Waals surface area contributed by atoms with Crippen LogP contribution in [0.2, 0.25) is 0 Å². The third-order valence-corrected chi connectivity index (χ3v) is 5.14. The van der Waals surface area contributed by atoms with Crippen molar-refractivity contribution in [1.29, 1.82) is 0 Å². The molecular weight excluding hydrogens is 496 g/mol. The Labute approximate surface area is 227 Å². The zero-order chi connectivity index (χ0) is 28.5. The molecule has 0 aromatic heterocycles. The summed E-state index contributed by atoms with van der Waals surface area (Å²) in [5.41, 5.74) is 0.510. The molecule has 0 spiro atoms. The van der Waals surface area contributed by atoms with Crippen LogP contribution in [0, 0.1) is 0 Å². The van der Waals surface area contributed by atoms with Crippen molar-refractivity contribution in [1.82, 2.24) is 0 Å². The molecule has 0 saturated carbocycles. The van der Waals surface area contributed by atoms with Gasteiger partial charge in [0.2, 0.25) is 12.6 Å². The second-order valence-corrected chi connectivity index (χ2v) is 8.79. The van der Waals surface area contributed by atoms with E-state index in [1.807, 2.05) is 0 Å². The number of hydrogen-bond acceptors (Lipinski definition) is 10. The van der Waals surface area contributed by atoms with Crippen LogP contribution in [0.1, 0.15) is 102 Å². The quantitative estimate of drug-likeness (QED) is 0.114. The van der Waals surface area contributed by atoms with Gasteiger partial charge in [0, 0.05) is 13.2 Å². The lowest BCUT2D eigenvalue weighted by atomic mass is 10.1. The monoisotopic (exact) mass is 542 g/mol. The maximum atomic E-state index is 12.5. The minimum absolute atomic E-state index is 0.255. The highest BCUT2D eigenvalue weighted by molar-refractivity contribution is 5.93. The lowest BCUT2D eigenvalue weighted by Crippen LogP contribution is -2.28. The molecular formula is C28H46O10. The number of rotatable bonds is 20. The number of hydrogen-bond donors (Lipinski definition) is 0. The topological polar surface area (TPSA) is 108 Å². The van der Waals surface area contributed by atoms with E-state index in [9.17, 15) is 9.59 Å². The molecule has 0 saturated heterocycles. The average molecular weight is 543 g/mol. The van der Waals surface area contributed by atoms with E-state index in [2.05, 4.69) is 13.8 Å². The third kappa shape index (κ3) is 14.8. The van der Waals surface area contributed by atoms with E-state index < -0.39 is 49.7 Å². The van der Waals surface area contributed by atoms with Crippen LogP contribution in [0.25, 0.3) is 0 Å². The lowest BCUT2D eigenvalue weighted by Gasteiger charge is -2.23. The van der Waals surface area contributed by atoms with Crippen LogP contribution in [-0.4, -0.2) is 62.9 Å². The van der Waals surface area contributed by atoms with Gasteiger partial charge in [-0.2, -0.15) is 0 Å². The largest absolute Gasteiger partial charge is 0.432 e. The van der Waals surface area contributed by atoms with Crippen LogP contribution in [0.4, 0.5) is 0 Å². The van der Waals surface area contributed by atoms with Gasteiger partial charge in [0.1, 0.15) is 0 Å². The predicted octanol–water partition coefficient (Wildman–Crippen LogP) is 5.78. The second-order valence-electron chi connectivity index (χ2n) is 8.79. The fourth-order valence-electron chi connectivity index (χ4n) is 3.24. The van der Waals surface area contributed by atoms with Crippen molar-refractivity contribution < 1.29 is 47.5 Å².